The fraction of sp³-hybridized carbons (Fsp3) is 1.00. The van der Waals surface area contributed by atoms with Gasteiger partial charge in [0.05, 0.1) is 0 Å². The van der Waals surface area contributed by atoms with Crippen molar-refractivity contribution >= 4 is 0 Å². The quantitative estimate of drug-likeness (QED) is 0.478. The Morgan fingerprint density at radius 3 is 0.960 bits per heavy atom. The van der Waals surface area contributed by atoms with E-state index in [1.165, 1.54) is 0 Å². The van der Waals surface area contributed by atoms with Gasteiger partial charge in [0.25, 0.3) is 0 Å². The van der Waals surface area contributed by atoms with Crippen LogP contribution in [-0.2, 0) is 0 Å². The number of alkyl halides is 15. The van der Waals surface area contributed by atoms with E-state index in [1.807, 2.05) is 0 Å². The fourth-order valence-electron chi connectivity index (χ4n) is 1.76. The minimum atomic E-state index is -7.50. The first-order valence-electron chi connectivity index (χ1n) is 5.43. The molecule has 1 aliphatic rings. The van der Waals surface area contributed by atoms with Crippen LogP contribution >= 0.6 is 0 Å². The second-order valence-electron chi connectivity index (χ2n) is 4.73. The molecule has 0 amide bonds. The van der Waals surface area contributed by atoms with Gasteiger partial charge in [0.15, 0.2) is 0 Å². The molecule has 0 aromatic carbocycles. The van der Waals surface area contributed by atoms with Gasteiger partial charge in [0.1, 0.15) is 0 Å². The Morgan fingerprint density at radius 1 is 0.520 bits per heavy atom. The second kappa shape index (κ2) is 4.98. The van der Waals surface area contributed by atoms with Crippen molar-refractivity contribution in [2.24, 2.45) is 0 Å². The molecule has 1 aliphatic heterocycles. The highest BCUT2D eigenvalue weighted by Gasteiger charge is 2.93. The molecule has 0 bridgehead atoms. The zero-order valence-electron chi connectivity index (χ0n) is 11.1. The van der Waals surface area contributed by atoms with Crippen molar-refractivity contribution in [2.45, 2.75) is 49.4 Å². The van der Waals surface area contributed by atoms with Crippen molar-refractivity contribution in [3.8, 4) is 0 Å². The molecule has 0 aromatic rings. The molecule has 0 saturated carbocycles. The number of halogens is 15. The van der Waals surface area contributed by atoms with Crippen molar-refractivity contribution in [3.63, 3.8) is 0 Å². The molecule has 1 rings (SSSR count). The van der Waals surface area contributed by atoms with Crippen LogP contribution in [0.25, 0.3) is 0 Å². The molecule has 0 atom stereocenters. The van der Waals surface area contributed by atoms with Crippen LogP contribution in [-0.4, -0.2) is 52.3 Å². The highest BCUT2D eigenvalue weighted by molar-refractivity contribution is 5.07. The maximum atomic E-state index is 13.3. The van der Waals surface area contributed by atoms with Gasteiger partial charge in [-0.1, -0.05) is 4.90 Å². The largest absolute Gasteiger partial charge is 0.469 e. The smallest absolute Gasteiger partial charge is 0.199 e. The van der Waals surface area contributed by atoms with Crippen LogP contribution in [0.5, 0.6) is 0 Å². The monoisotopic (exact) mass is 412 g/mol. The third-order valence-corrected chi connectivity index (χ3v) is 2.91. The van der Waals surface area contributed by atoms with E-state index < -0.39 is 59.2 Å². The lowest BCUT2D eigenvalue weighted by Crippen LogP contribution is -2.86. The molecule has 1 heterocycles. The van der Waals surface area contributed by atoms with Crippen molar-refractivity contribution in [3.05, 3.63) is 0 Å². The van der Waals surface area contributed by atoms with Gasteiger partial charge in [0, 0.05) is 6.92 Å². The molecule has 150 valence electrons. The second-order valence-corrected chi connectivity index (χ2v) is 4.73. The van der Waals surface area contributed by atoms with Crippen LogP contribution in [0.15, 0.2) is 0 Å². The molecule has 25 heavy (non-hydrogen) atoms. The molecule has 0 N–H and O–H groups in total. The van der Waals surface area contributed by atoms with E-state index in [0.717, 1.165) is 0 Å². The lowest BCUT2D eigenvalue weighted by Gasteiger charge is -2.54. The summed E-state index contributed by atoms with van der Waals surface area (Å²) in [6.45, 7) is -1.08. The zero-order chi connectivity index (χ0) is 20.7. The van der Waals surface area contributed by atoms with Crippen LogP contribution in [0, 0.1) is 0 Å². The first-order valence-corrected chi connectivity index (χ1v) is 5.43. The lowest BCUT2D eigenvalue weighted by molar-refractivity contribution is -0.579. The van der Waals surface area contributed by atoms with Crippen molar-refractivity contribution < 1.29 is 65.9 Å². The predicted octanol–water partition coefficient (Wildman–Crippen LogP) is 4.74. The maximum absolute atomic E-state index is 13.3. The Balaban J connectivity index is 3.87. The molecule has 0 radical (unpaired) electrons. The van der Waals surface area contributed by atoms with E-state index in [2.05, 4.69) is 0 Å². The molecule has 0 unspecified atom stereocenters. The third-order valence-electron chi connectivity index (χ3n) is 2.91. The molecule has 0 spiro atoms. The Morgan fingerprint density at radius 2 is 0.760 bits per heavy atom. The zero-order valence-corrected chi connectivity index (χ0v) is 11.1. The van der Waals surface area contributed by atoms with Crippen LogP contribution in [0.4, 0.5) is 65.9 Å². The molecule has 0 aliphatic carbocycles. The maximum Gasteiger partial charge on any atom is 0.469 e. The standard InChI is InChI=1S/C8H3F15N2/c1-2(9,10)3(11,12)24-4(13,14)6(17,18)25(8(21,22)23)7(19,20)5(24,15)16/h1H3. The third kappa shape index (κ3) is 2.60. The van der Waals surface area contributed by atoms with E-state index in [1.54, 1.807) is 0 Å². The molecule has 1 saturated heterocycles. The van der Waals surface area contributed by atoms with Gasteiger partial charge in [-0.15, -0.1) is 4.90 Å². The van der Waals surface area contributed by atoms with Crippen LogP contribution in [0.3, 0.4) is 0 Å². The van der Waals surface area contributed by atoms with Crippen molar-refractivity contribution in [1.29, 1.82) is 0 Å². The average molecular weight is 412 g/mol. The number of hydrogen-bond acceptors (Lipinski definition) is 2. The summed E-state index contributed by atoms with van der Waals surface area (Å²) in [5, 5.41) is 0. The van der Waals surface area contributed by atoms with Crippen LogP contribution < -0.4 is 0 Å². The summed E-state index contributed by atoms with van der Waals surface area (Å²) in [5.41, 5.74) is 0. The Kier molecular flexibility index (Phi) is 4.36. The van der Waals surface area contributed by atoms with Gasteiger partial charge in [-0.05, 0) is 0 Å². The number of piperazine rings is 1. The Hall–Kier alpha value is -1.13. The summed E-state index contributed by atoms with van der Waals surface area (Å²) in [5.74, 6) is -6.06. The Labute approximate surface area is 126 Å². The lowest BCUT2D eigenvalue weighted by atomic mass is 10.1. The van der Waals surface area contributed by atoms with Crippen LogP contribution in [0.1, 0.15) is 6.92 Å². The molecule has 1 fully saturated rings. The van der Waals surface area contributed by atoms with Crippen LogP contribution in [0.2, 0.25) is 0 Å². The Bertz CT molecular complexity index is 501. The summed E-state index contributed by atoms with van der Waals surface area (Å²) >= 11 is 0. The summed E-state index contributed by atoms with van der Waals surface area (Å²) in [7, 11) is 0. The van der Waals surface area contributed by atoms with Crippen molar-refractivity contribution in [1.82, 2.24) is 9.80 Å². The summed E-state index contributed by atoms with van der Waals surface area (Å²) in [6.07, 6.45) is -7.30. The fourth-order valence-corrected chi connectivity index (χ4v) is 1.76. The average Bonchev–Trinajstić information content (AvgIpc) is 2.20. The van der Waals surface area contributed by atoms with Gasteiger partial charge in [0.2, 0.25) is 0 Å². The van der Waals surface area contributed by atoms with Gasteiger partial charge in [-0.25, -0.2) is 0 Å². The SMILES string of the molecule is CC(F)(F)C(F)(F)N1C(F)(F)C(F)(F)N(C(F)(F)F)C(F)(F)C1(F)F. The highest BCUT2D eigenvalue weighted by atomic mass is 19.4. The predicted molar refractivity (Wildman–Crippen MR) is 45.1 cm³/mol. The van der Waals surface area contributed by atoms with E-state index >= 15 is 0 Å². The van der Waals surface area contributed by atoms with E-state index in [-0.39, 0.29) is 0 Å². The first kappa shape index (κ1) is 21.9. The summed E-state index contributed by atoms with van der Waals surface area (Å²) in [4.78, 5) is -7.87. The van der Waals surface area contributed by atoms with E-state index in [4.69, 9.17) is 0 Å². The molecular weight excluding hydrogens is 409 g/mol. The topological polar surface area (TPSA) is 6.48 Å². The number of nitrogens with zero attached hydrogens (tertiary/aromatic N) is 2. The van der Waals surface area contributed by atoms with Gasteiger partial charge >= 0.3 is 42.5 Å². The van der Waals surface area contributed by atoms with Crippen molar-refractivity contribution in [2.75, 3.05) is 0 Å². The highest BCUT2D eigenvalue weighted by Crippen LogP contribution is 2.63. The molecule has 0 aromatic heterocycles. The van der Waals surface area contributed by atoms with E-state index in [9.17, 15) is 65.9 Å². The summed E-state index contributed by atoms with van der Waals surface area (Å²) in [6, 6.07) is -37.1. The summed E-state index contributed by atoms with van der Waals surface area (Å²) < 4.78 is 194. The van der Waals surface area contributed by atoms with E-state index in [0.29, 0.717) is 0 Å². The minimum Gasteiger partial charge on any atom is -0.199 e. The number of rotatable bonds is 2. The molecular formula is C8H3F15N2. The first-order chi connectivity index (χ1) is 10.5. The number of hydrogen-bond donors (Lipinski definition) is 0. The molecule has 17 heteroatoms. The molecule has 2 nitrogen and oxygen atoms in total. The normalized spacial score (nSPS) is 27.4. The minimum absolute atomic E-state index is 1.08. The van der Waals surface area contributed by atoms with Gasteiger partial charge in [-0.2, -0.15) is 65.9 Å². The van der Waals surface area contributed by atoms with Gasteiger partial charge < -0.3 is 0 Å². The van der Waals surface area contributed by atoms with Gasteiger partial charge in [-0.3, -0.25) is 0 Å².